The Morgan fingerprint density at radius 3 is 2.31 bits per heavy atom. The molecule has 29 heavy (non-hydrogen) atoms. The Kier molecular flexibility index (Phi) is 4.90. The lowest BCUT2D eigenvalue weighted by molar-refractivity contribution is 0.0977. The smallest absolute Gasteiger partial charge is 0.256 e. The van der Waals surface area contributed by atoms with Gasteiger partial charge in [-0.25, -0.2) is 23.2 Å². The van der Waals surface area contributed by atoms with Crippen LogP contribution in [0.15, 0.2) is 70.6 Å². The van der Waals surface area contributed by atoms with E-state index in [-0.39, 0.29) is 11.7 Å². The maximum atomic E-state index is 14.0. The topological polar surface area (TPSA) is 53.8 Å². The molecule has 8 heteroatoms. The van der Waals surface area contributed by atoms with Crippen LogP contribution < -0.4 is 5.32 Å². The summed E-state index contributed by atoms with van der Waals surface area (Å²) in [7, 11) is 0. The van der Waals surface area contributed by atoms with Gasteiger partial charge in [-0.3, -0.25) is 4.79 Å². The fourth-order valence-electron chi connectivity index (χ4n) is 2.79. The monoisotopic (exact) mass is 413 g/mol. The van der Waals surface area contributed by atoms with E-state index in [0.29, 0.717) is 21.7 Å². The average Bonchev–Trinajstić information content (AvgIpc) is 3.06. The molecule has 144 valence electrons. The standard InChI is InChI=1S/C21H11ClF3N3O/c22-12-7-5-11(6-8-12)21(29)28-20-14-4-2-1-3-13(14)19(27-20)26-16-10-9-15(23)17(24)18(16)25/h1-10H,(H,26,27,28,29). The van der Waals surface area contributed by atoms with Gasteiger partial charge in [0.05, 0.1) is 0 Å². The summed E-state index contributed by atoms with van der Waals surface area (Å²) in [6, 6.07) is 14.9. The van der Waals surface area contributed by atoms with E-state index in [9.17, 15) is 18.0 Å². The number of amides is 1. The number of nitrogens with one attached hydrogen (secondary N) is 1. The molecule has 4 nitrogen and oxygen atoms in total. The van der Waals surface area contributed by atoms with Crippen molar-refractivity contribution >= 4 is 34.9 Å². The molecule has 3 aromatic carbocycles. The number of nitrogens with zero attached hydrogens (tertiary/aromatic N) is 2. The third-order valence-electron chi connectivity index (χ3n) is 4.22. The van der Waals surface area contributed by atoms with Crippen molar-refractivity contribution < 1.29 is 18.0 Å². The molecular weight excluding hydrogens is 403 g/mol. The van der Waals surface area contributed by atoms with E-state index in [1.807, 2.05) is 0 Å². The van der Waals surface area contributed by atoms with E-state index in [2.05, 4.69) is 15.3 Å². The molecule has 0 atom stereocenters. The van der Waals surface area contributed by atoms with Gasteiger partial charge in [0.2, 0.25) is 0 Å². The number of benzene rings is 3. The van der Waals surface area contributed by atoms with Gasteiger partial charge in [0.15, 0.2) is 23.3 Å². The van der Waals surface area contributed by atoms with Crippen molar-refractivity contribution in [1.82, 2.24) is 5.32 Å². The number of halogens is 4. The minimum atomic E-state index is -1.61. The number of aliphatic imine (C=N–C) groups is 2. The molecule has 0 fully saturated rings. The molecule has 0 aliphatic carbocycles. The van der Waals surface area contributed by atoms with E-state index in [4.69, 9.17) is 11.6 Å². The van der Waals surface area contributed by atoms with Crippen LogP contribution in [-0.4, -0.2) is 17.6 Å². The SMILES string of the molecule is O=C(NC1=NC(=Nc2ccc(F)c(F)c2F)c2ccccc21)c1ccc(Cl)cc1. The first kappa shape index (κ1) is 18.9. The van der Waals surface area contributed by atoms with Crippen LogP contribution in [0, 0.1) is 17.5 Å². The molecule has 1 amide bonds. The zero-order valence-corrected chi connectivity index (χ0v) is 15.3. The van der Waals surface area contributed by atoms with E-state index < -0.39 is 29.0 Å². The van der Waals surface area contributed by atoms with Gasteiger partial charge in [0.25, 0.3) is 5.91 Å². The highest BCUT2D eigenvalue weighted by molar-refractivity contribution is 6.30. The minimum absolute atomic E-state index is 0.0666. The van der Waals surface area contributed by atoms with E-state index in [1.54, 1.807) is 48.5 Å². The summed E-state index contributed by atoms with van der Waals surface area (Å²) in [6.45, 7) is 0. The number of carbonyl (C=O) groups is 1. The van der Waals surface area contributed by atoms with Crippen molar-refractivity contribution in [2.75, 3.05) is 0 Å². The minimum Gasteiger partial charge on any atom is -0.306 e. The van der Waals surface area contributed by atoms with Crippen LogP contribution in [0.25, 0.3) is 0 Å². The maximum Gasteiger partial charge on any atom is 0.256 e. The molecule has 0 spiro atoms. The number of fused-ring (bicyclic) bond motifs is 1. The Hall–Kier alpha value is -3.45. The van der Waals surface area contributed by atoms with Crippen LogP contribution in [0.5, 0.6) is 0 Å². The number of carbonyl (C=O) groups excluding carboxylic acids is 1. The first-order valence-electron chi connectivity index (χ1n) is 8.41. The van der Waals surface area contributed by atoms with Gasteiger partial charge in [-0.1, -0.05) is 35.9 Å². The molecule has 0 aromatic heterocycles. The molecule has 0 radical (unpaired) electrons. The fourth-order valence-corrected chi connectivity index (χ4v) is 2.91. The molecule has 0 saturated heterocycles. The molecule has 1 heterocycles. The third kappa shape index (κ3) is 3.64. The van der Waals surface area contributed by atoms with Crippen molar-refractivity contribution in [3.63, 3.8) is 0 Å². The summed E-state index contributed by atoms with van der Waals surface area (Å²) < 4.78 is 40.7. The van der Waals surface area contributed by atoms with Gasteiger partial charge in [-0.2, -0.15) is 0 Å². The Labute approximate surface area is 168 Å². The van der Waals surface area contributed by atoms with Crippen molar-refractivity contribution in [2.45, 2.75) is 0 Å². The molecule has 0 saturated carbocycles. The number of hydrogen-bond donors (Lipinski definition) is 1. The van der Waals surface area contributed by atoms with Gasteiger partial charge >= 0.3 is 0 Å². The second-order valence-electron chi connectivity index (χ2n) is 6.10. The second kappa shape index (κ2) is 7.52. The summed E-state index contributed by atoms with van der Waals surface area (Å²) in [5.41, 5.74) is 1.05. The third-order valence-corrected chi connectivity index (χ3v) is 4.47. The second-order valence-corrected chi connectivity index (χ2v) is 6.53. The summed E-state index contributed by atoms with van der Waals surface area (Å²) >= 11 is 5.83. The first-order valence-corrected chi connectivity index (χ1v) is 8.79. The Morgan fingerprint density at radius 2 is 1.59 bits per heavy atom. The molecule has 1 N–H and O–H groups in total. The van der Waals surface area contributed by atoms with Crippen LogP contribution in [0.3, 0.4) is 0 Å². The lowest BCUT2D eigenvalue weighted by Gasteiger charge is -2.06. The predicted molar refractivity (Wildman–Crippen MR) is 104 cm³/mol. The quantitative estimate of drug-likeness (QED) is 0.589. The summed E-state index contributed by atoms with van der Waals surface area (Å²) in [5, 5.41) is 3.17. The van der Waals surface area contributed by atoms with Crippen molar-refractivity contribution in [3.05, 3.63) is 99.8 Å². The molecule has 0 bridgehead atoms. The highest BCUT2D eigenvalue weighted by Gasteiger charge is 2.24. The molecule has 1 aliphatic rings. The van der Waals surface area contributed by atoms with E-state index in [1.165, 1.54) is 0 Å². The summed E-state index contributed by atoms with van der Waals surface area (Å²) in [6.07, 6.45) is 0. The molecule has 3 aromatic rings. The zero-order chi connectivity index (χ0) is 20.5. The van der Waals surface area contributed by atoms with Crippen LogP contribution >= 0.6 is 11.6 Å². The Balaban J connectivity index is 1.71. The average molecular weight is 414 g/mol. The van der Waals surface area contributed by atoms with Crippen LogP contribution in [0.4, 0.5) is 18.9 Å². The van der Waals surface area contributed by atoms with Crippen LogP contribution in [-0.2, 0) is 0 Å². The highest BCUT2D eigenvalue weighted by atomic mass is 35.5. The summed E-state index contributed by atoms with van der Waals surface area (Å²) in [5.74, 6) is -4.48. The van der Waals surface area contributed by atoms with Gasteiger partial charge in [0, 0.05) is 21.7 Å². The summed E-state index contributed by atoms with van der Waals surface area (Å²) in [4.78, 5) is 20.8. The highest BCUT2D eigenvalue weighted by Crippen LogP contribution is 2.26. The van der Waals surface area contributed by atoms with Crippen molar-refractivity contribution in [3.8, 4) is 0 Å². The largest absolute Gasteiger partial charge is 0.306 e. The van der Waals surface area contributed by atoms with Crippen molar-refractivity contribution in [1.29, 1.82) is 0 Å². The zero-order valence-electron chi connectivity index (χ0n) is 14.6. The van der Waals surface area contributed by atoms with Gasteiger partial charge in [-0.05, 0) is 36.4 Å². The van der Waals surface area contributed by atoms with Gasteiger partial charge in [0.1, 0.15) is 11.5 Å². The van der Waals surface area contributed by atoms with Gasteiger partial charge < -0.3 is 5.32 Å². The van der Waals surface area contributed by atoms with Gasteiger partial charge in [-0.15, -0.1) is 0 Å². The van der Waals surface area contributed by atoms with Crippen LogP contribution in [0.1, 0.15) is 21.5 Å². The number of rotatable bonds is 2. The Morgan fingerprint density at radius 1 is 0.897 bits per heavy atom. The lowest BCUT2D eigenvalue weighted by atomic mass is 10.1. The molecule has 1 aliphatic heterocycles. The Bertz CT molecular complexity index is 1190. The maximum absolute atomic E-state index is 14.0. The molecule has 0 unspecified atom stereocenters. The van der Waals surface area contributed by atoms with Crippen LogP contribution in [0.2, 0.25) is 5.02 Å². The molecule has 4 rings (SSSR count). The predicted octanol–water partition coefficient (Wildman–Crippen LogP) is 5.03. The normalized spacial score (nSPS) is 13.9. The fraction of sp³-hybridized carbons (Fsp3) is 0. The first-order chi connectivity index (χ1) is 13.9. The molecular formula is C21H11ClF3N3O. The van der Waals surface area contributed by atoms with Crippen molar-refractivity contribution in [2.24, 2.45) is 9.98 Å². The number of hydrogen-bond acceptors (Lipinski definition) is 2. The lowest BCUT2D eigenvalue weighted by Crippen LogP contribution is -2.30. The number of amidine groups is 2. The van der Waals surface area contributed by atoms with E-state index in [0.717, 1.165) is 12.1 Å². The van der Waals surface area contributed by atoms with E-state index >= 15 is 0 Å².